The molecule has 0 aliphatic heterocycles. The summed E-state index contributed by atoms with van der Waals surface area (Å²) in [6.07, 6.45) is -0.548. The summed E-state index contributed by atoms with van der Waals surface area (Å²) in [6.45, 7) is 11.7. The predicted octanol–water partition coefficient (Wildman–Crippen LogP) is 1.39. The highest BCUT2D eigenvalue weighted by atomic mass is 16.6. The Morgan fingerprint density at radius 2 is 2.18 bits per heavy atom. The van der Waals surface area contributed by atoms with Gasteiger partial charge in [-0.3, -0.25) is 10.2 Å². The van der Waals surface area contributed by atoms with E-state index in [0.29, 0.717) is 0 Å². The molecule has 0 aromatic heterocycles. The Balaban J connectivity index is 3.64. The molecule has 4 nitrogen and oxygen atoms in total. The normalized spacial score (nSPS) is 10.0. The van der Waals surface area contributed by atoms with E-state index in [-0.39, 0.29) is 6.67 Å². The molecule has 0 bridgehead atoms. The van der Waals surface area contributed by atoms with Crippen molar-refractivity contribution in [1.82, 2.24) is 5.32 Å². The van der Waals surface area contributed by atoms with Crippen LogP contribution in [0.25, 0.3) is 4.85 Å². The van der Waals surface area contributed by atoms with Gasteiger partial charge < -0.3 is 4.74 Å². The summed E-state index contributed by atoms with van der Waals surface area (Å²) >= 11 is 0. The fourth-order valence-electron chi connectivity index (χ4n) is 0.418. The fourth-order valence-corrected chi connectivity index (χ4v) is 0.418. The van der Waals surface area contributed by atoms with Gasteiger partial charge in [0.05, 0.1) is 0 Å². The zero-order valence-electron chi connectivity index (χ0n) is 6.97. The summed E-state index contributed by atoms with van der Waals surface area (Å²) in [4.78, 5) is 13.7. The molecule has 62 valence electrons. The molecule has 0 radical (unpaired) electrons. The number of nitrogens with one attached hydrogen (secondary N) is 1. The SMILES string of the molecule is [C-]#[N+]CNC(=O)OC(C)(C)C. The van der Waals surface area contributed by atoms with E-state index >= 15 is 0 Å². The van der Waals surface area contributed by atoms with Gasteiger partial charge in [-0.15, -0.1) is 0 Å². The third-order valence-electron chi connectivity index (χ3n) is 0.701. The van der Waals surface area contributed by atoms with Gasteiger partial charge in [0, 0.05) is 0 Å². The Bertz CT molecular complexity index is 176. The van der Waals surface area contributed by atoms with Crippen LogP contribution in [0.5, 0.6) is 0 Å². The predicted molar refractivity (Wildman–Crippen MR) is 40.8 cm³/mol. The highest BCUT2D eigenvalue weighted by molar-refractivity contribution is 5.67. The first-order valence-corrected chi connectivity index (χ1v) is 3.26. The van der Waals surface area contributed by atoms with Crippen LogP contribution in [0.1, 0.15) is 20.8 Å². The van der Waals surface area contributed by atoms with Crippen molar-refractivity contribution in [1.29, 1.82) is 0 Å². The molecule has 11 heavy (non-hydrogen) atoms. The maximum Gasteiger partial charge on any atom is 0.413 e. The van der Waals surface area contributed by atoms with Crippen LogP contribution in [0.4, 0.5) is 4.79 Å². The van der Waals surface area contributed by atoms with Gasteiger partial charge in [-0.1, -0.05) is 0 Å². The van der Waals surface area contributed by atoms with Crippen LogP contribution in [-0.2, 0) is 4.74 Å². The van der Waals surface area contributed by atoms with Crippen molar-refractivity contribution in [2.45, 2.75) is 26.4 Å². The molecule has 0 rings (SSSR count). The molecule has 1 amide bonds. The summed E-state index contributed by atoms with van der Waals surface area (Å²) in [5.41, 5.74) is -0.494. The number of rotatable bonds is 1. The smallest absolute Gasteiger partial charge is 0.413 e. The van der Waals surface area contributed by atoms with E-state index in [9.17, 15) is 4.79 Å². The van der Waals surface area contributed by atoms with Gasteiger partial charge in [-0.2, -0.15) is 0 Å². The Hall–Kier alpha value is -1.24. The second kappa shape index (κ2) is 3.81. The van der Waals surface area contributed by atoms with E-state index in [1.54, 1.807) is 20.8 Å². The molecule has 0 atom stereocenters. The number of nitrogens with zero attached hydrogens (tertiary/aromatic N) is 1. The number of hydrogen-bond acceptors (Lipinski definition) is 2. The minimum absolute atomic E-state index is 0.0328. The number of ether oxygens (including phenoxy) is 1. The van der Waals surface area contributed by atoms with Crippen LogP contribution in [0.2, 0.25) is 0 Å². The van der Waals surface area contributed by atoms with Gasteiger partial charge >= 0.3 is 6.09 Å². The van der Waals surface area contributed by atoms with E-state index < -0.39 is 11.7 Å². The van der Waals surface area contributed by atoms with Crippen molar-refractivity contribution in [3.63, 3.8) is 0 Å². The zero-order chi connectivity index (χ0) is 8.91. The molecule has 0 fully saturated rings. The molecule has 0 aliphatic rings. The number of hydrogen-bond donors (Lipinski definition) is 1. The second-order valence-electron chi connectivity index (χ2n) is 2.99. The summed E-state index contributed by atoms with van der Waals surface area (Å²) in [5.74, 6) is 0. The van der Waals surface area contributed by atoms with Crippen LogP contribution in [0, 0.1) is 6.57 Å². The van der Waals surface area contributed by atoms with Crippen molar-refractivity contribution < 1.29 is 9.53 Å². The molecule has 4 heteroatoms. The Morgan fingerprint density at radius 3 is 2.55 bits per heavy atom. The maximum atomic E-state index is 10.7. The lowest BCUT2D eigenvalue weighted by molar-refractivity contribution is 0.0534. The first-order chi connectivity index (χ1) is 4.95. The number of carbonyl (C=O) groups excluding carboxylic acids is 1. The van der Waals surface area contributed by atoms with Crippen LogP contribution < -0.4 is 5.32 Å². The Morgan fingerprint density at radius 1 is 1.64 bits per heavy atom. The Labute approximate surface area is 66.4 Å². The number of alkyl carbamates (subject to hydrolysis) is 1. The van der Waals surface area contributed by atoms with Crippen LogP contribution >= 0.6 is 0 Å². The molecular formula is C7H12N2O2. The van der Waals surface area contributed by atoms with Crippen molar-refractivity contribution >= 4 is 6.09 Å². The minimum atomic E-state index is -0.548. The molecule has 0 saturated carbocycles. The molecule has 0 unspecified atom stereocenters. The molecule has 0 heterocycles. The monoisotopic (exact) mass is 156 g/mol. The molecule has 0 aromatic carbocycles. The first kappa shape index (κ1) is 9.76. The quantitative estimate of drug-likeness (QED) is 0.583. The topological polar surface area (TPSA) is 42.7 Å². The molecular weight excluding hydrogens is 144 g/mol. The van der Waals surface area contributed by atoms with Gasteiger partial charge in [0.15, 0.2) is 0 Å². The van der Waals surface area contributed by atoms with E-state index in [2.05, 4.69) is 10.2 Å². The van der Waals surface area contributed by atoms with E-state index in [1.807, 2.05) is 0 Å². The average molecular weight is 156 g/mol. The molecule has 1 N–H and O–H groups in total. The molecule has 0 spiro atoms. The van der Waals surface area contributed by atoms with Crippen molar-refractivity contribution in [3.05, 3.63) is 11.4 Å². The minimum Gasteiger partial charge on any atom is -0.444 e. The van der Waals surface area contributed by atoms with E-state index in [1.165, 1.54) is 0 Å². The van der Waals surface area contributed by atoms with Gasteiger partial charge in [0.25, 0.3) is 6.67 Å². The van der Waals surface area contributed by atoms with Crippen molar-refractivity contribution in [2.24, 2.45) is 0 Å². The third kappa shape index (κ3) is 6.65. The fraction of sp³-hybridized carbons (Fsp3) is 0.714. The molecule has 0 saturated heterocycles. The first-order valence-electron chi connectivity index (χ1n) is 3.26. The standard InChI is InChI=1S/C7H12N2O2/c1-7(2,3)11-6(10)9-5-8-4/h5H2,1-3H3,(H,9,10). The van der Waals surface area contributed by atoms with Gasteiger partial charge in [0.1, 0.15) is 5.60 Å². The maximum absolute atomic E-state index is 10.7. The van der Waals surface area contributed by atoms with Crippen molar-refractivity contribution in [3.8, 4) is 0 Å². The summed E-state index contributed by atoms with van der Waals surface area (Å²) in [6, 6.07) is 0. The summed E-state index contributed by atoms with van der Waals surface area (Å²) < 4.78 is 4.85. The zero-order valence-corrected chi connectivity index (χ0v) is 6.97. The van der Waals surface area contributed by atoms with Crippen molar-refractivity contribution in [2.75, 3.05) is 6.67 Å². The van der Waals surface area contributed by atoms with Gasteiger partial charge in [0.2, 0.25) is 0 Å². The second-order valence-corrected chi connectivity index (χ2v) is 2.99. The lowest BCUT2D eigenvalue weighted by atomic mass is 10.2. The van der Waals surface area contributed by atoms with E-state index in [4.69, 9.17) is 11.3 Å². The highest BCUT2D eigenvalue weighted by Gasteiger charge is 2.15. The van der Waals surface area contributed by atoms with Gasteiger partial charge in [-0.05, 0) is 20.8 Å². The van der Waals surface area contributed by atoms with Crippen LogP contribution in [0.15, 0.2) is 0 Å². The average Bonchev–Trinajstić information content (AvgIpc) is 1.79. The Kier molecular flexibility index (Phi) is 3.38. The van der Waals surface area contributed by atoms with Gasteiger partial charge in [-0.25, -0.2) is 11.4 Å². The largest absolute Gasteiger partial charge is 0.444 e. The van der Waals surface area contributed by atoms with Crippen LogP contribution in [-0.4, -0.2) is 18.4 Å². The highest BCUT2D eigenvalue weighted by Crippen LogP contribution is 2.05. The molecule has 0 aliphatic carbocycles. The lowest BCUT2D eigenvalue weighted by Gasteiger charge is -2.18. The number of amides is 1. The number of carbonyl (C=O) groups is 1. The lowest BCUT2D eigenvalue weighted by Crippen LogP contribution is -2.32. The summed E-state index contributed by atoms with van der Waals surface area (Å²) in [7, 11) is 0. The summed E-state index contributed by atoms with van der Waals surface area (Å²) in [5, 5.41) is 2.27. The molecule has 0 aromatic rings. The van der Waals surface area contributed by atoms with Crippen LogP contribution in [0.3, 0.4) is 0 Å². The third-order valence-corrected chi connectivity index (χ3v) is 0.701. The van der Waals surface area contributed by atoms with E-state index in [0.717, 1.165) is 0 Å².